The number of Topliss-reactive ketones (excluding diaryl/α,β-unsaturated/α-hetero) is 1. The molecule has 3 aliphatic carbocycles. The summed E-state index contributed by atoms with van der Waals surface area (Å²) in [7, 11) is -4.04. The van der Waals surface area contributed by atoms with Crippen LogP contribution in [0.3, 0.4) is 0 Å². The minimum atomic E-state index is -4.04. The summed E-state index contributed by atoms with van der Waals surface area (Å²) in [5.74, 6) is -0.335. The van der Waals surface area contributed by atoms with Gasteiger partial charge in [-0.1, -0.05) is 13.8 Å². The van der Waals surface area contributed by atoms with Crippen LogP contribution in [-0.2, 0) is 14.9 Å². The van der Waals surface area contributed by atoms with E-state index in [1.54, 1.807) is 0 Å². The molecule has 0 spiro atoms. The van der Waals surface area contributed by atoms with Crippen LogP contribution in [0.4, 0.5) is 0 Å². The third kappa shape index (κ3) is 1.72. The predicted molar refractivity (Wildman–Crippen MR) is 54.9 cm³/mol. The second-order valence-corrected chi connectivity index (χ2v) is 6.88. The summed E-state index contributed by atoms with van der Waals surface area (Å²) in [4.78, 5) is 11.6. The van der Waals surface area contributed by atoms with Crippen LogP contribution >= 0.6 is 0 Å². The molecule has 3 unspecified atom stereocenters. The van der Waals surface area contributed by atoms with Crippen molar-refractivity contribution in [1.29, 1.82) is 0 Å². The second kappa shape index (κ2) is 3.04. The summed E-state index contributed by atoms with van der Waals surface area (Å²) in [5, 5.41) is 0. The molecule has 3 rings (SSSR count). The van der Waals surface area contributed by atoms with Crippen LogP contribution < -0.4 is 0 Å². The van der Waals surface area contributed by atoms with Crippen LogP contribution in [0.15, 0.2) is 0 Å². The Hall–Kier alpha value is -0.420. The van der Waals surface area contributed by atoms with Crippen LogP contribution in [0.1, 0.15) is 26.7 Å². The fourth-order valence-corrected chi connectivity index (χ4v) is 4.01. The van der Waals surface area contributed by atoms with Gasteiger partial charge in [-0.05, 0) is 23.7 Å². The molecule has 0 aromatic heterocycles. The smallest absolute Gasteiger partial charge is 0.265 e. The van der Waals surface area contributed by atoms with E-state index >= 15 is 0 Å². The Morgan fingerprint density at radius 1 is 1.47 bits per heavy atom. The molecule has 1 N–H and O–H groups in total. The maximum absolute atomic E-state index is 11.6. The Bertz CT molecular complexity index is 396. The van der Waals surface area contributed by atoms with E-state index in [1.165, 1.54) is 0 Å². The maximum atomic E-state index is 11.6. The van der Waals surface area contributed by atoms with Gasteiger partial charge >= 0.3 is 0 Å². The molecule has 3 aliphatic rings. The third-order valence-corrected chi connectivity index (χ3v) is 5.06. The minimum absolute atomic E-state index is 0.00759. The molecule has 0 aliphatic heterocycles. The molecule has 3 saturated carbocycles. The van der Waals surface area contributed by atoms with Crippen LogP contribution in [-0.4, -0.2) is 24.5 Å². The Morgan fingerprint density at radius 2 is 2.07 bits per heavy atom. The number of fused-ring (bicyclic) bond motifs is 2. The van der Waals surface area contributed by atoms with Gasteiger partial charge in [0.25, 0.3) is 10.1 Å². The molecular weight excluding hydrogens is 216 g/mol. The number of hydrogen-bond donors (Lipinski definition) is 1. The highest BCUT2D eigenvalue weighted by Gasteiger charge is 2.58. The molecule has 2 bridgehead atoms. The van der Waals surface area contributed by atoms with Gasteiger partial charge in [-0.15, -0.1) is 0 Å². The topological polar surface area (TPSA) is 71.4 Å². The molecule has 0 amide bonds. The van der Waals surface area contributed by atoms with Crippen molar-refractivity contribution < 1.29 is 17.8 Å². The Balaban J connectivity index is 2.20. The first-order chi connectivity index (χ1) is 6.72. The third-order valence-electron chi connectivity index (χ3n) is 4.28. The van der Waals surface area contributed by atoms with Gasteiger partial charge in [0.2, 0.25) is 0 Å². The van der Waals surface area contributed by atoms with E-state index in [0.717, 1.165) is 6.42 Å². The Labute approximate surface area is 89.8 Å². The fraction of sp³-hybridized carbons (Fsp3) is 0.900. The average Bonchev–Trinajstić information content (AvgIpc) is 2.05. The molecular formula is C10H16O4S. The highest BCUT2D eigenvalue weighted by atomic mass is 32.2. The summed E-state index contributed by atoms with van der Waals surface area (Å²) in [6.45, 7) is 4.16. The normalized spacial score (nSPS) is 38.6. The van der Waals surface area contributed by atoms with Crippen molar-refractivity contribution in [3.05, 3.63) is 0 Å². The number of carbonyl (C=O) groups is 1. The Morgan fingerprint density at radius 3 is 2.53 bits per heavy atom. The van der Waals surface area contributed by atoms with Crippen LogP contribution in [0, 0.1) is 23.2 Å². The molecule has 3 atom stereocenters. The molecule has 0 saturated heterocycles. The quantitative estimate of drug-likeness (QED) is 0.724. The first-order valence-corrected chi connectivity index (χ1v) is 6.80. The maximum Gasteiger partial charge on any atom is 0.265 e. The van der Waals surface area contributed by atoms with Crippen LogP contribution in [0.2, 0.25) is 0 Å². The van der Waals surface area contributed by atoms with Crippen molar-refractivity contribution >= 4 is 15.9 Å². The van der Waals surface area contributed by atoms with Crippen LogP contribution in [0.5, 0.6) is 0 Å². The van der Waals surface area contributed by atoms with Gasteiger partial charge in [0.15, 0.2) is 0 Å². The van der Waals surface area contributed by atoms with Crippen molar-refractivity contribution in [1.82, 2.24) is 0 Å². The van der Waals surface area contributed by atoms with Gasteiger partial charge in [0.05, 0.1) is 5.75 Å². The van der Waals surface area contributed by atoms with Gasteiger partial charge < -0.3 is 0 Å². The highest BCUT2D eigenvalue weighted by molar-refractivity contribution is 7.85. The lowest BCUT2D eigenvalue weighted by Gasteiger charge is -2.59. The van der Waals surface area contributed by atoms with E-state index in [0.29, 0.717) is 12.3 Å². The average molecular weight is 232 g/mol. The SMILES string of the molecule is CC1(C)C2CC(=O)C(CS(=O)(=O)O)C1C2. The number of carbonyl (C=O) groups excluding carboxylic acids is 1. The van der Waals surface area contributed by atoms with Crippen LogP contribution in [0.25, 0.3) is 0 Å². The van der Waals surface area contributed by atoms with E-state index in [4.69, 9.17) is 4.55 Å². The van der Waals surface area contributed by atoms with Crippen molar-refractivity contribution in [3.63, 3.8) is 0 Å². The summed E-state index contributed by atoms with van der Waals surface area (Å²) >= 11 is 0. The van der Waals surface area contributed by atoms with Gasteiger partial charge in [0.1, 0.15) is 5.78 Å². The molecule has 0 radical (unpaired) electrons. The summed E-state index contributed by atoms with van der Waals surface area (Å²) < 4.78 is 30.5. The molecule has 0 aromatic carbocycles. The Kier molecular flexibility index (Phi) is 2.25. The molecule has 0 heterocycles. The van der Waals surface area contributed by atoms with E-state index < -0.39 is 21.8 Å². The lowest BCUT2D eigenvalue weighted by Crippen LogP contribution is -2.57. The summed E-state index contributed by atoms with van der Waals surface area (Å²) in [6, 6.07) is 0. The van der Waals surface area contributed by atoms with Gasteiger partial charge in [0, 0.05) is 12.3 Å². The zero-order valence-electron chi connectivity index (χ0n) is 8.93. The molecule has 5 heteroatoms. The molecule has 0 aromatic rings. The number of ketones is 1. The van der Waals surface area contributed by atoms with Gasteiger partial charge in [-0.2, -0.15) is 8.42 Å². The minimum Gasteiger partial charge on any atom is -0.299 e. The van der Waals surface area contributed by atoms with Crippen molar-refractivity contribution in [3.8, 4) is 0 Å². The van der Waals surface area contributed by atoms with Crippen molar-refractivity contribution in [2.24, 2.45) is 23.2 Å². The fourth-order valence-electron chi connectivity index (χ4n) is 3.14. The lowest BCUT2D eigenvalue weighted by molar-refractivity contribution is -0.152. The standard InChI is InChI=1S/C10H16O4S/c1-10(2)6-3-8(10)7(9(11)4-6)5-15(12,13)14/h6-8H,3-5H2,1-2H3,(H,12,13,14). The number of hydrogen-bond acceptors (Lipinski definition) is 3. The molecule has 15 heavy (non-hydrogen) atoms. The second-order valence-electron chi connectivity index (χ2n) is 5.39. The zero-order valence-corrected chi connectivity index (χ0v) is 9.75. The molecule has 86 valence electrons. The first kappa shape index (κ1) is 11.1. The van der Waals surface area contributed by atoms with Gasteiger partial charge in [-0.3, -0.25) is 9.35 Å². The zero-order chi connectivity index (χ0) is 11.4. The van der Waals surface area contributed by atoms with E-state index in [9.17, 15) is 13.2 Å². The first-order valence-electron chi connectivity index (χ1n) is 5.19. The van der Waals surface area contributed by atoms with E-state index in [2.05, 4.69) is 13.8 Å². The van der Waals surface area contributed by atoms with Crippen molar-refractivity contribution in [2.75, 3.05) is 5.75 Å². The number of rotatable bonds is 2. The van der Waals surface area contributed by atoms with Crippen molar-refractivity contribution in [2.45, 2.75) is 26.7 Å². The molecule has 3 fully saturated rings. The van der Waals surface area contributed by atoms with E-state index in [-0.39, 0.29) is 17.1 Å². The van der Waals surface area contributed by atoms with Gasteiger partial charge in [-0.25, -0.2) is 0 Å². The van der Waals surface area contributed by atoms with E-state index in [1.807, 2.05) is 0 Å². The summed E-state index contributed by atoms with van der Waals surface area (Å²) in [5.41, 5.74) is 0.0588. The molecule has 4 nitrogen and oxygen atoms in total. The lowest BCUT2D eigenvalue weighted by atomic mass is 9.45. The highest BCUT2D eigenvalue weighted by Crippen LogP contribution is 2.60. The largest absolute Gasteiger partial charge is 0.299 e. The summed E-state index contributed by atoms with van der Waals surface area (Å²) in [6.07, 6.45) is 1.41. The monoisotopic (exact) mass is 232 g/mol. The predicted octanol–water partition coefficient (Wildman–Crippen LogP) is 1.13.